The zero-order chi connectivity index (χ0) is 14.0. The molecule has 0 bridgehead atoms. The maximum atomic E-state index is 11.3. The SMILES string of the molecule is COc1cc(C)c(C)cc1C1(CCC(C)=O)COC1. The van der Waals surface area contributed by atoms with Crippen LogP contribution >= 0.6 is 0 Å². The van der Waals surface area contributed by atoms with E-state index in [1.165, 1.54) is 16.7 Å². The Morgan fingerprint density at radius 1 is 1.32 bits per heavy atom. The highest BCUT2D eigenvalue weighted by atomic mass is 16.5. The van der Waals surface area contributed by atoms with Gasteiger partial charge in [0.1, 0.15) is 11.5 Å². The van der Waals surface area contributed by atoms with E-state index in [1.807, 2.05) is 0 Å². The van der Waals surface area contributed by atoms with Crippen molar-refractivity contribution in [3.05, 3.63) is 28.8 Å². The third-order valence-electron chi connectivity index (χ3n) is 4.10. The summed E-state index contributed by atoms with van der Waals surface area (Å²) < 4.78 is 11.0. The number of rotatable bonds is 5. The zero-order valence-electron chi connectivity index (χ0n) is 12.2. The standard InChI is InChI=1S/C16H22O3/c1-11-7-14(15(18-4)8-12(11)2)16(9-19-10-16)6-5-13(3)17/h7-8H,5-6,9-10H2,1-4H3. The third kappa shape index (κ3) is 2.66. The summed E-state index contributed by atoms with van der Waals surface area (Å²) in [5.74, 6) is 1.14. The predicted molar refractivity (Wildman–Crippen MR) is 74.9 cm³/mol. The van der Waals surface area contributed by atoms with Crippen molar-refractivity contribution in [3.8, 4) is 5.75 Å². The van der Waals surface area contributed by atoms with Crippen LogP contribution < -0.4 is 4.74 Å². The van der Waals surface area contributed by atoms with Crippen LogP contribution in [-0.4, -0.2) is 26.1 Å². The van der Waals surface area contributed by atoms with E-state index in [4.69, 9.17) is 9.47 Å². The van der Waals surface area contributed by atoms with Crippen molar-refractivity contribution < 1.29 is 14.3 Å². The number of Topliss-reactive ketones (excluding diaryl/α,β-unsaturated/α-hetero) is 1. The minimum absolute atomic E-state index is 0.0462. The van der Waals surface area contributed by atoms with Crippen LogP contribution in [0.5, 0.6) is 5.75 Å². The Labute approximate surface area is 114 Å². The van der Waals surface area contributed by atoms with Gasteiger partial charge in [-0.15, -0.1) is 0 Å². The second-order valence-corrected chi connectivity index (χ2v) is 5.61. The van der Waals surface area contributed by atoms with Gasteiger partial charge in [-0.05, 0) is 44.4 Å². The first-order valence-electron chi connectivity index (χ1n) is 6.71. The van der Waals surface area contributed by atoms with Crippen molar-refractivity contribution in [2.75, 3.05) is 20.3 Å². The first-order chi connectivity index (χ1) is 8.98. The smallest absolute Gasteiger partial charge is 0.129 e. The molecule has 1 heterocycles. The van der Waals surface area contributed by atoms with Gasteiger partial charge < -0.3 is 14.3 Å². The molecule has 0 aromatic heterocycles. The lowest BCUT2D eigenvalue weighted by molar-refractivity contribution is -0.119. The molecule has 1 aromatic carbocycles. The summed E-state index contributed by atoms with van der Waals surface area (Å²) >= 11 is 0. The summed E-state index contributed by atoms with van der Waals surface area (Å²) in [6.45, 7) is 7.20. The summed E-state index contributed by atoms with van der Waals surface area (Å²) in [4.78, 5) is 11.3. The van der Waals surface area contributed by atoms with Gasteiger partial charge in [0.05, 0.1) is 20.3 Å². The molecular weight excluding hydrogens is 240 g/mol. The van der Waals surface area contributed by atoms with Crippen LogP contribution in [0.4, 0.5) is 0 Å². The van der Waals surface area contributed by atoms with Crippen molar-refractivity contribution in [2.24, 2.45) is 0 Å². The molecule has 1 aliphatic heterocycles. The quantitative estimate of drug-likeness (QED) is 0.818. The van der Waals surface area contributed by atoms with Gasteiger partial charge in [0.25, 0.3) is 0 Å². The number of ether oxygens (including phenoxy) is 2. The summed E-state index contributed by atoms with van der Waals surface area (Å²) in [5, 5.41) is 0. The second kappa shape index (κ2) is 5.33. The Kier molecular flexibility index (Phi) is 3.95. The van der Waals surface area contributed by atoms with Crippen LogP contribution in [0.1, 0.15) is 36.5 Å². The van der Waals surface area contributed by atoms with E-state index in [1.54, 1.807) is 14.0 Å². The first-order valence-corrected chi connectivity index (χ1v) is 6.71. The maximum absolute atomic E-state index is 11.3. The van der Waals surface area contributed by atoms with Gasteiger partial charge in [0, 0.05) is 17.4 Å². The minimum Gasteiger partial charge on any atom is -0.496 e. The predicted octanol–water partition coefficient (Wildman–Crippen LogP) is 2.95. The second-order valence-electron chi connectivity index (χ2n) is 5.61. The number of carbonyl (C=O) groups is 1. The Hall–Kier alpha value is -1.35. The number of hydrogen-bond donors (Lipinski definition) is 0. The Balaban J connectivity index is 2.37. The highest BCUT2D eigenvalue weighted by molar-refractivity contribution is 5.75. The lowest BCUT2D eigenvalue weighted by Gasteiger charge is -2.43. The lowest BCUT2D eigenvalue weighted by Crippen LogP contribution is -2.47. The fourth-order valence-corrected chi connectivity index (χ4v) is 2.57. The zero-order valence-corrected chi connectivity index (χ0v) is 12.2. The topological polar surface area (TPSA) is 35.5 Å². The van der Waals surface area contributed by atoms with E-state index in [2.05, 4.69) is 26.0 Å². The average molecular weight is 262 g/mol. The molecule has 0 amide bonds. The Morgan fingerprint density at radius 2 is 1.95 bits per heavy atom. The van der Waals surface area contributed by atoms with Crippen LogP contribution in [0.2, 0.25) is 0 Å². The van der Waals surface area contributed by atoms with E-state index >= 15 is 0 Å². The van der Waals surface area contributed by atoms with Gasteiger partial charge in [-0.2, -0.15) is 0 Å². The number of methoxy groups -OCH3 is 1. The molecule has 1 aromatic rings. The summed E-state index contributed by atoms with van der Waals surface area (Å²) in [6.07, 6.45) is 1.43. The van der Waals surface area contributed by atoms with Crippen LogP contribution in [0, 0.1) is 13.8 Å². The third-order valence-corrected chi connectivity index (χ3v) is 4.10. The average Bonchev–Trinajstić information content (AvgIpc) is 2.31. The molecular formula is C16H22O3. The van der Waals surface area contributed by atoms with E-state index in [0.29, 0.717) is 19.6 Å². The lowest BCUT2D eigenvalue weighted by atomic mass is 9.73. The molecule has 0 aliphatic carbocycles. The molecule has 0 unspecified atom stereocenters. The highest BCUT2D eigenvalue weighted by Crippen LogP contribution is 2.42. The highest BCUT2D eigenvalue weighted by Gasteiger charge is 2.42. The molecule has 1 saturated heterocycles. The minimum atomic E-state index is -0.0462. The molecule has 3 nitrogen and oxygen atoms in total. The fraction of sp³-hybridized carbons (Fsp3) is 0.562. The van der Waals surface area contributed by atoms with Crippen LogP contribution in [0.25, 0.3) is 0 Å². The van der Waals surface area contributed by atoms with E-state index in [0.717, 1.165) is 12.2 Å². The van der Waals surface area contributed by atoms with Crippen LogP contribution in [0.3, 0.4) is 0 Å². The number of carbonyl (C=O) groups excluding carboxylic acids is 1. The van der Waals surface area contributed by atoms with Crippen molar-refractivity contribution in [1.29, 1.82) is 0 Å². The van der Waals surface area contributed by atoms with Crippen LogP contribution in [-0.2, 0) is 14.9 Å². The van der Waals surface area contributed by atoms with E-state index in [-0.39, 0.29) is 11.2 Å². The summed E-state index contributed by atoms with van der Waals surface area (Å²) in [6, 6.07) is 4.27. The number of aryl methyl sites for hydroxylation is 2. The van der Waals surface area contributed by atoms with Gasteiger partial charge in [0.2, 0.25) is 0 Å². The number of benzene rings is 1. The van der Waals surface area contributed by atoms with E-state index < -0.39 is 0 Å². The van der Waals surface area contributed by atoms with Crippen LogP contribution in [0.15, 0.2) is 12.1 Å². The normalized spacial score (nSPS) is 16.8. The van der Waals surface area contributed by atoms with Gasteiger partial charge in [0.15, 0.2) is 0 Å². The molecule has 0 atom stereocenters. The Morgan fingerprint density at radius 3 is 2.42 bits per heavy atom. The molecule has 1 fully saturated rings. The number of ketones is 1. The molecule has 104 valence electrons. The number of hydrogen-bond acceptors (Lipinski definition) is 3. The summed E-state index contributed by atoms with van der Waals surface area (Å²) in [7, 11) is 1.70. The molecule has 0 radical (unpaired) electrons. The van der Waals surface area contributed by atoms with Gasteiger partial charge in [-0.3, -0.25) is 0 Å². The van der Waals surface area contributed by atoms with Crippen molar-refractivity contribution in [3.63, 3.8) is 0 Å². The van der Waals surface area contributed by atoms with Crippen molar-refractivity contribution in [1.82, 2.24) is 0 Å². The molecule has 0 saturated carbocycles. The van der Waals surface area contributed by atoms with Gasteiger partial charge in [-0.1, -0.05) is 6.07 Å². The maximum Gasteiger partial charge on any atom is 0.129 e. The Bertz CT molecular complexity index is 487. The molecule has 0 N–H and O–H groups in total. The first kappa shape index (κ1) is 14.1. The molecule has 19 heavy (non-hydrogen) atoms. The monoisotopic (exact) mass is 262 g/mol. The van der Waals surface area contributed by atoms with Crippen molar-refractivity contribution >= 4 is 5.78 Å². The van der Waals surface area contributed by atoms with Crippen molar-refractivity contribution in [2.45, 2.75) is 39.0 Å². The molecule has 1 aliphatic rings. The van der Waals surface area contributed by atoms with Gasteiger partial charge in [-0.25, -0.2) is 0 Å². The molecule has 3 heteroatoms. The van der Waals surface area contributed by atoms with E-state index in [9.17, 15) is 4.79 Å². The largest absolute Gasteiger partial charge is 0.496 e. The molecule has 2 rings (SSSR count). The fourth-order valence-electron chi connectivity index (χ4n) is 2.57. The van der Waals surface area contributed by atoms with Gasteiger partial charge >= 0.3 is 0 Å². The summed E-state index contributed by atoms with van der Waals surface area (Å²) in [5.41, 5.74) is 3.62. The molecule has 0 spiro atoms.